The molecule has 0 rings (SSSR count). The van der Waals surface area contributed by atoms with Gasteiger partial charge < -0.3 is 5.84 Å². The molecule has 0 aromatic rings. The highest BCUT2D eigenvalue weighted by atomic mass is 16.7. The largest absolute Gasteiger partial charge is 0.393 e. The lowest BCUT2D eigenvalue weighted by molar-refractivity contribution is -0.403. The van der Waals surface area contributed by atoms with Gasteiger partial charge in [-0.3, -0.25) is 10.1 Å². The Labute approximate surface area is 22.3 Å². The Kier molecular flexibility index (Phi) is 0.524. The van der Waals surface area contributed by atoms with Crippen molar-refractivity contribution in [3.8, 4) is 0 Å². The van der Waals surface area contributed by atoms with Crippen LogP contribution in [-0.2, 0) is 0 Å². The van der Waals surface area contributed by atoms with E-state index in [1.54, 1.807) is 0 Å². The number of rotatable bonds is 0. The van der Waals surface area contributed by atoms with Crippen LogP contribution in [0.3, 0.4) is 0 Å². The molecule has 0 aromatic carbocycles. The molecule has 0 heterocycles. The van der Waals surface area contributed by atoms with Crippen molar-refractivity contribution in [1.82, 2.24) is 0 Å². The minimum atomic E-state index is -1.25. The second kappa shape index (κ2) is 0.655. The van der Waals surface area contributed by atoms with Crippen LogP contribution in [0.2, 0.25) is 0 Å². The first kappa shape index (κ1) is 3.20. The van der Waals surface area contributed by atoms with Crippen LogP contribution in [0.25, 0.3) is 5.84 Å². The van der Waals surface area contributed by atoms with Crippen LogP contribution in [0.1, 0.15) is 0 Å². The van der Waals surface area contributed by atoms with Gasteiger partial charge in [0.1, 0.15) is 0 Å². The van der Waals surface area contributed by atoms with Gasteiger partial charge in [0, 0.05) is 0 Å². The first-order valence-electron chi connectivity index (χ1n) is 0.589. The van der Waals surface area contributed by atoms with Crippen molar-refractivity contribution < 1.29 is 5.03 Å². The molecule has 0 spiro atoms. The maximum Gasteiger partial charge on any atom is -0.0151 e. The Morgan fingerprint density at radius 2 is 2.00 bits per heavy atom. The molecular formula is HN2O2-. The summed E-state index contributed by atoms with van der Waals surface area (Å²) in [5.41, 5.74) is 0. The van der Waals surface area contributed by atoms with Crippen LogP contribution < -0.4 is 0 Å². The molecular weight excluding hydrogens is 60.0 g/mol. The second-order valence-electron chi connectivity index (χ2n) is 0.257. The molecule has 4 nitrogen and oxygen atoms in total. The summed E-state index contributed by atoms with van der Waals surface area (Å²) in [7, 11) is 0. The van der Waals surface area contributed by atoms with Crippen molar-refractivity contribution in [2.45, 2.75) is 0 Å². The van der Waals surface area contributed by atoms with Gasteiger partial charge >= 0.3 is 0 Å². The third-order valence-electron chi connectivity index (χ3n) is 0. The zero-order chi connectivity index (χ0) is 3.58. The lowest BCUT2D eigenvalue weighted by atomic mass is 12.8. The van der Waals surface area contributed by atoms with Gasteiger partial charge in [0.25, 0.3) is 0 Å². The number of hydrogen-bond donors (Lipinski definition) is 0. The fourth-order valence-electron chi connectivity index (χ4n) is 0. The molecule has 0 aliphatic heterocycles. The minimum Gasteiger partial charge on any atom is -0.393 e. The molecule has 4 heavy (non-hydrogen) atoms. The van der Waals surface area contributed by atoms with Crippen molar-refractivity contribution in [2.24, 2.45) is 0 Å². The van der Waals surface area contributed by atoms with E-state index in [9.17, 15) is 0 Å². The Morgan fingerprint density at radius 1 is 2.00 bits per heavy atom. The molecule has 0 radical (unpaired) electrons. The van der Waals surface area contributed by atoms with Gasteiger partial charge in [-0.25, -0.2) is 0 Å². The highest BCUT2D eigenvalue weighted by Gasteiger charge is 1.42. The average molecular weight is 61.0 g/mol. The molecule has 0 fully saturated rings. The maximum absolute atomic E-state index is 8.47. The number of hydrogen-bond acceptors (Lipinski definition) is 2. The molecule has 0 atom stereocenters. The fraction of sp³-hybridized carbons (Fsp3) is 0. The summed E-state index contributed by atoms with van der Waals surface area (Å²) in [5.74, 6) is 5.31. The lowest BCUT2D eigenvalue weighted by Crippen LogP contribution is -1.70. The summed E-state index contributed by atoms with van der Waals surface area (Å²) >= 11 is 0. The molecule has 0 saturated carbocycles. The van der Waals surface area contributed by atoms with Crippen molar-refractivity contribution in [3.63, 3.8) is 0 Å². The van der Waals surface area contributed by atoms with Crippen LogP contribution in [0.15, 0.2) is 0 Å². The molecule has 0 unspecified atom stereocenters. The smallest absolute Gasteiger partial charge is 0.0151 e. The van der Waals surface area contributed by atoms with Gasteiger partial charge in [-0.05, 0) is 5.03 Å². The third-order valence-corrected chi connectivity index (χ3v) is 0. The van der Waals surface area contributed by atoms with Gasteiger partial charge in [0.15, 0.2) is 0 Å². The second-order valence-corrected chi connectivity index (χ2v) is 0.257. The first-order valence-corrected chi connectivity index (χ1v) is 0.589. The van der Waals surface area contributed by atoms with Gasteiger partial charge in [0.2, 0.25) is 0 Å². The lowest BCUT2D eigenvalue weighted by Gasteiger charge is -1.76. The predicted molar refractivity (Wildman–Crippen MR) is 11.3 cm³/mol. The molecule has 0 aromatic heterocycles. The number of nitrogens with zero attached hydrogens (tertiary/aromatic N) is 1. The van der Waals surface area contributed by atoms with Crippen LogP contribution in [0.5, 0.6) is 0 Å². The monoisotopic (exact) mass is 61.0 g/mol. The van der Waals surface area contributed by atoms with E-state index in [-0.39, 0.29) is 0 Å². The van der Waals surface area contributed by atoms with Crippen molar-refractivity contribution in [3.05, 3.63) is 16.0 Å². The molecule has 0 aliphatic rings. The van der Waals surface area contributed by atoms with Crippen molar-refractivity contribution >= 4 is 0 Å². The van der Waals surface area contributed by atoms with Crippen LogP contribution in [0.4, 0.5) is 0 Å². The average Bonchev–Trinajstić information content (AvgIpc) is 0.811. The highest BCUT2D eigenvalue weighted by Crippen LogP contribution is 1.50. The summed E-state index contributed by atoms with van der Waals surface area (Å²) in [5, 5.41) is 7.22. The molecule has 4 heteroatoms. The zero-order valence-electron chi connectivity index (χ0n) is 1.76. The molecule has 0 saturated heterocycles. The summed E-state index contributed by atoms with van der Waals surface area (Å²) in [6, 6.07) is 0. The minimum absolute atomic E-state index is 1.25. The van der Waals surface area contributed by atoms with E-state index in [1.807, 2.05) is 0 Å². The summed E-state index contributed by atoms with van der Waals surface area (Å²) in [6.45, 7) is 0. The fourth-order valence-corrected chi connectivity index (χ4v) is 0. The normalized spacial score (nSPS) is 6.00. The molecule has 0 aliphatic carbocycles. The molecule has 0 amide bonds. The SMILES string of the molecule is [NH-][N+](=O)[O-]. The van der Waals surface area contributed by atoms with E-state index < -0.39 is 5.03 Å². The molecule has 1 N–H and O–H groups in total. The Hall–Kier alpha value is -0.800. The van der Waals surface area contributed by atoms with E-state index in [1.165, 1.54) is 0 Å². The number of nitrogens with one attached hydrogen (secondary N) is 1. The third kappa shape index (κ3) is 0.0750. The van der Waals surface area contributed by atoms with Gasteiger partial charge in [-0.1, -0.05) is 0 Å². The van der Waals surface area contributed by atoms with E-state index in [0.717, 1.165) is 0 Å². The van der Waals surface area contributed by atoms with Crippen LogP contribution >= 0.6 is 0 Å². The standard InChI is InChI=1S/HN2O2/c1-2(3)4/h1H/q-1. The Morgan fingerprint density at radius 3 is 2.00 bits per heavy atom. The predicted octanol–water partition coefficient (Wildman–Crippen LogP) is 0.230. The quantitative estimate of drug-likeness (QED) is 0.297. The van der Waals surface area contributed by atoms with E-state index in [0.29, 0.717) is 0 Å². The van der Waals surface area contributed by atoms with Crippen molar-refractivity contribution in [1.29, 1.82) is 0 Å². The molecule has 24 valence electrons. The summed E-state index contributed by atoms with van der Waals surface area (Å²) in [4.78, 5) is 8.47. The molecule has 0 bridgehead atoms. The Bertz CT molecular complexity index is 27.0. The van der Waals surface area contributed by atoms with Crippen LogP contribution in [0, 0.1) is 10.1 Å². The van der Waals surface area contributed by atoms with E-state index in [4.69, 9.17) is 16.0 Å². The highest BCUT2D eigenvalue weighted by molar-refractivity contribution is 4.03. The zero-order valence-corrected chi connectivity index (χ0v) is 1.76. The topological polar surface area (TPSA) is 66.9 Å². The number of nitro groups is 1. The Balaban J connectivity index is 2.80. The van der Waals surface area contributed by atoms with Gasteiger partial charge in [-0.2, -0.15) is 0 Å². The van der Waals surface area contributed by atoms with Crippen molar-refractivity contribution in [2.75, 3.05) is 0 Å². The van der Waals surface area contributed by atoms with Gasteiger partial charge in [-0.15, -0.1) is 0 Å². The van der Waals surface area contributed by atoms with E-state index >= 15 is 0 Å². The summed E-state index contributed by atoms with van der Waals surface area (Å²) < 4.78 is 0. The first-order chi connectivity index (χ1) is 1.73. The van der Waals surface area contributed by atoms with E-state index in [2.05, 4.69) is 0 Å². The maximum atomic E-state index is 8.47. The van der Waals surface area contributed by atoms with Crippen LogP contribution in [-0.4, -0.2) is 5.03 Å². The van der Waals surface area contributed by atoms with Gasteiger partial charge in [0.05, 0.1) is 0 Å². The summed E-state index contributed by atoms with van der Waals surface area (Å²) in [6.07, 6.45) is 0.